The lowest BCUT2D eigenvalue weighted by Gasteiger charge is -2.15. The fourth-order valence-corrected chi connectivity index (χ4v) is 2.05. The van der Waals surface area contributed by atoms with Crippen LogP contribution in [0.3, 0.4) is 0 Å². The Hall–Kier alpha value is -1.28. The minimum Gasteiger partial charge on any atom is -0.378 e. The predicted molar refractivity (Wildman–Crippen MR) is 72.6 cm³/mol. The summed E-state index contributed by atoms with van der Waals surface area (Å²) in [6.45, 7) is 2.16. The predicted octanol–water partition coefficient (Wildman–Crippen LogP) is 4.62. The zero-order valence-electron chi connectivity index (χ0n) is 9.15. The fourth-order valence-electron chi connectivity index (χ4n) is 1.65. The van der Waals surface area contributed by atoms with Crippen molar-refractivity contribution in [2.24, 2.45) is 0 Å². The third-order valence-electron chi connectivity index (χ3n) is 2.51. The molecule has 0 aromatic heterocycles. The number of nitrogens with one attached hydrogen (secondary N) is 1. The van der Waals surface area contributed by atoms with Crippen molar-refractivity contribution in [3.05, 3.63) is 64.6 Å². The van der Waals surface area contributed by atoms with Gasteiger partial charge in [-0.15, -0.1) is 0 Å². The molecule has 0 fully saturated rings. The highest BCUT2D eigenvalue weighted by molar-refractivity contribution is 9.10. The first-order valence-electron chi connectivity index (χ1n) is 5.33. The van der Waals surface area contributed by atoms with E-state index in [1.807, 2.05) is 18.2 Å². The van der Waals surface area contributed by atoms with Crippen molar-refractivity contribution in [1.29, 1.82) is 0 Å². The summed E-state index contributed by atoms with van der Waals surface area (Å²) >= 11 is 3.47. The SMILES string of the molecule is C[C@H](Nc1cccc(Br)c1)c1ccccc1. The van der Waals surface area contributed by atoms with Gasteiger partial charge in [-0.3, -0.25) is 0 Å². The molecule has 0 amide bonds. The van der Waals surface area contributed by atoms with Crippen LogP contribution in [0.25, 0.3) is 0 Å². The van der Waals surface area contributed by atoms with Crippen LogP contribution in [0.5, 0.6) is 0 Å². The Balaban J connectivity index is 2.11. The van der Waals surface area contributed by atoms with E-state index in [1.165, 1.54) is 5.56 Å². The van der Waals surface area contributed by atoms with E-state index in [4.69, 9.17) is 0 Å². The Morgan fingerprint density at radius 2 is 1.75 bits per heavy atom. The average molecular weight is 276 g/mol. The Bertz CT molecular complexity index is 453. The minimum atomic E-state index is 0.315. The lowest BCUT2D eigenvalue weighted by Crippen LogP contribution is -2.06. The summed E-state index contributed by atoms with van der Waals surface area (Å²) in [6.07, 6.45) is 0. The first kappa shape index (κ1) is 11.2. The van der Waals surface area contributed by atoms with Crippen LogP contribution in [0.1, 0.15) is 18.5 Å². The van der Waals surface area contributed by atoms with Crippen LogP contribution in [-0.2, 0) is 0 Å². The summed E-state index contributed by atoms with van der Waals surface area (Å²) in [7, 11) is 0. The zero-order valence-corrected chi connectivity index (χ0v) is 10.7. The van der Waals surface area contributed by atoms with E-state index in [-0.39, 0.29) is 0 Å². The molecule has 0 aliphatic carbocycles. The summed E-state index contributed by atoms with van der Waals surface area (Å²) in [5, 5.41) is 3.47. The van der Waals surface area contributed by atoms with Crippen LogP contribution >= 0.6 is 15.9 Å². The van der Waals surface area contributed by atoms with Gasteiger partial charge in [0, 0.05) is 16.2 Å². The van der Waals surface area contributed by atoms with Crippen molar-refractivity contribution >= 4 is 21.6 Å². The molecule has 0 radical (unpaired) electrons. The number of benzene rings is 2. The Kier molecular flexibility index (Phi) is 3.62. The van der Waals surface area contributed by atoms with E-state index in [0.717, 1.165) is 10.2 Å². The molecule has 0 aliphatic heterocycles. The van der Waals surface area contributed by atoms with Gasteiger partial charge in [0.1, 0.15) is 0 Å². The van der Waals surface area contributed by atoms with Gasteiger partial charge in [0.25, 0.3) is 0 Å². The van der Waals surface area contributed by atoms with Gasteiger partial charge in [-0.1, -0.05) is 52.3 Å². The highest BCUT2D eigenvalue weighted by Crippen LogP contribution is 2.21. The van der Waals surface area contributed by atoms with Crippen LogP contribution in [0.2, 0.25) is 0 Å². The van der Waals surface area contributed by atoms with Crippen molar-refractivity contribution in [1.82, 2.24) is 0 Å². The van der Waals surface area contributed by atoms with Crippen molar-refractivity contribution in [3.63, 3.8) is 0 Å². The number of halogens is 1. The second-order valence-electron chi connectivity index (χ2n) is 3.79. The molecule has 0 heterocycles. The zero-order chi connectivity index (χ0) is 11.4. The number of rotatable bonds is 3. The van der Waals surface area contributed by atoms with Gasteiger partial charge in [-0.05, 0) is 30.7 Å². The molecule has 2 heteroatoms. The molecular formula is C14H14BrN. The molecule has 0 saturated carbocycles. The van der Waals surface area contributed by atoms with Crippen LogP contribution in [-0.4, -0.2) is 0 Å². The van der Waals surface area contributed by atoms with Crippen LogP contribution < -0.4 is 5.32 Å². The third kappa shape index (κ3) is 2.86. The van der Waals surface area contributed by atoms with E-state index >= 15 is 0 Å². The van der Waals surface area contributed by atoms with Crippen LogP contribution in [0.15, 0.2) is 59.1 Å². The molecule has 2 aromatic carbocycles. The molecule has 2 rings (SSSR count). The molecule has 1 nitrogen and oxygen atoms in total. The standard InChI is InChI=1S/C14H14BrN/c1-11(12-6-3-2-4-7-12)16-14-9-5-8-13(15)10-14/h2-11,16H,1H3/t11-/m0/s1. The maximum atomic E-state index is 3.47. The molecule has 0 spiro atoms. The number of hydrogen-bond donors (Lipinski definition) is 1. The summed E-state index contributed by atoms with van der Waals surface area (Å²) in [5.41, 5.74) is 2.42. The van der Waals surface area contributed by atoms with E-state index in [9.17, 15) is 0 Å². The average Bonchev–Trinajstić information content (AvgIpc) is 2.30. The van der Waals surface area contributed by atoms with Gasteiger partial charge < -0.3 is 5.32 Å². The summed E-state index contributed by atoms with van der Waals surface area (Å²) in [5.74, 6) is 0. The lowest BCUT2D eigenvalue weighted by molar-refractivity contribution is 0.885. The largest absolute Gasteiger partial charge is 0.378 e. The van der Waals surface area contributed by atoms with E-state index in [2.05, 4.69) is 64.6 Å². The summed E-state index contributed by atoms with van der Waals surface area (Å²) in [4.78, 5) is 0. The number of anilines is 1. The Labute approximate surface area is 105 Å². The van der Waals surface area contributed by atoms with Crippen molar-refractivity contribution in [2.75, 3.05) is 5.32 Å². The second kappa shape index (κ2) is 5.17. The highest BCUT2D eigenvalue weighted by atomic mass is 79.9. The highest BCUT2D eigenvalue weighted by Gasteiger charge is 2.03. The van der Waals surface area contributed by atoms with Gasteiger partial charge in [0.2, 0.25) is 0 Å². The monoisotopic (exact) mass is 275 g/mol. The van der Waals surface area contributed by atoms with Gasteiger partial charge in [0.15, 0.2) is 0 Å². The second-order valence-corrected chi connectivity index (χ2v) is 4.70. The van der Waals surface area contributed by atoms with E-state index < -0.39 is 0 Å². The van der Waals surface area contributed by atoms with Crippen molar-refractivity contribution < 1.29 is 0 Å². The molecule has 82 valence electrons. The van der Waals surface area contributed by atoms with Crippen LogP contribution in [0.4, 0.5) is 5.69 Å². The van der Waals surface area contributed by atoms with Crippen molar-refractivity contribution in [2.45, 2.75) is 13.0 Å². The van der Waals surface area contributed by atoms with Gasteiger partial charge in [-0.25, -0.2) is 0 Å². The minimum absolute atomic E-state index is 0.315. The molecular weight excluding hydrogens is 262 g/mol. The smallest absolute Gasteiger partial charge is 0.0485 e. The maximum Gasteiger partial charge on any atom is 0.0485 e. The first-order valence-corrected chi connectivity index (χ1v) is 6.12. The molecule has 1 atom stereocenters. The lowest BCUT2D eigenvalue weighted by atomic mass is 10.1. The number of hydrogen-bond acceptors (Lipinski definition) is 1. The Morgan fingerprint density at radius 1 is 1.00 bits per heavy atom. The van der Waals surface area contributed by atoms with Crippen molar-refractivity contribution in [3.8, 4) is 0 Å². The molecule has 1 N–H and O–H groups in total. The normalized spacial score (nSPS) is 12.1. The summed E-state index contributed by atoms with van der Waals surface area (Å²) < 4.78 is 1.10. The fraction of sp³-hybridized carbons (Fsp3) is 0.143. The Morgan fingerprint density at radius 3 is 2.44 bits per heavy atom. The van der Waals surface area contributed by atoms with Gasteiger partial charge >= 0.3 is 0 Å². The van der Waals surface area contributed by atoms with Gasteiger partial charge in [0.05, 0.1) is 0 Å². The van der Waals surface area contributed by atoms with Gasteiger partial charge in [-0.2, -0.15) is 0 Å². The molecule has 0 unspecified atom stereocenters. The first-order chi connectivity index (χ1) is 7.75. The van der Waals surface area contributed by atoms with Crippen LogP contribution in [0, 0.1) is 0 Å². The quantitative estimate of drug-likeness (QED) is 0.862. The molecule has 0 aliphatic rings. The molecule has 16 heavy (non-hydrogen) atoms. The maximum absolute atomic E-state index is 3.47. The summed E-state index contributed by atoms with van der Waals surface area (Å²) in [6, 6.07) is 19.0. The molecule has 0 bridgehead atoms. The molecule has 2 aromatic rings. The third-order valence-corrected chi connectivity index (χ3v) is 3.00. The van der Waals surface area contributed by atoms with E-state index in [1.54, 1.807) is 0 Å². The molecule has 0 saturated heterocycles. The topological polar surface area (TPSA) is 12.0 Å². The van der Waals surface area contributed by atoms with E-state index in [0.29, 0.717) is 6.04 Å².